The van der Waals surface area contributed by atoms with Gasteiger partial charge in [-0.2, -0.15) is 0 Å². The summed E-state index contributed by atoms with van der Waals surface area (Å²) in [6, 6.07) is 0. The molecule has 10 heavy (non-hydrogen) atoms. The zero-order valence-electron chi connectivity index (χ0n) is 6.46. The molecule has 0 aromatic heterocycles. The SMILES string of the molecule is C=C=CCC(O)C(C)(C)O. The van der Waals surface area contributed by atoms with Crippen molar-refractivity contribution >= 4 is 0 Å². The number of aliphatic hydroxyl groups is 2. The minimum Gasteiger partial charge on any atom is -0.390 e. The summed E-state index contributed by atoms with van der Waals surface area (Å²) < 4.78 is 0. The molecule has 0 aliphatic carbocycles. The van der Waals surface area contributed by atoms with E-state index in [9.17, 15) is 5.11 Å². The Morgan fingerprint density at radius 2 is 2.20 bits per heavy atom. The van der Waals surface area contributed by atoms with Crippen LogP contribution in [0.2, 0.25) is 0 Å². The van der Waals surface area contributed by atoms with Crippen molar-refractivity contribution in [2.45, 2.75) is 32.0 Å². The van der Waals surface area contributed by atoms with Crippen LogP contribution in [0.25, 0.3) is 0 Å². The van der Waals surface area contributed by atoms with Gasteiger partial charge in [0.15, 0.2) is 0 Å². The van der Waals surface area contributed by atoms with Crippen LogP contribution in [0.5, 0.6) is 0 Å². The Balaban J connectivity index is 3.84. The van der Waals surface area contributed by atoms with Crippen LogP contribution in [0.1, 0.15) is 20.3 Å². The molecular weight excluding hydrogens is 128 g/mol. The van der Waals surface area contributed by atoms with Crippen LogP contribution < -0.4 is 0 Å². The minimum atomic E-state index is -1.03. The fourth-order valence-electron chi connectivity index (χ4n) is 0.483. The van der Waals surface area contributed by atoms with Crippen LogP contribution in [-0.4, -0.2) is 21.9 Å². The lowest BCUT2D eigenvalue weighted by molar-refractivity contribution is -0.0456. The first-order chi connectivity index (χ1) is 4.48. The van der Waals surface area contributed by atoms with E-state index in [0.717, 1.165) is 0 Å². The van der Waals surface area contributed by atoms with Gasteiger partial charge in [0.2, 0.25) is 0 Å². The molecule has 0 saturated carbocycles. The monoisotopic (exact) mass is 142 g/mol. The van der Waals surface area contributed by atoms with Gasteiger partial charge in [-0.25, -0.2) is 0 Å². The first-order valence-electron chi connectivity index (χ1n) is 3.23. The molecule has 0 radical (unpaired) electrons. The van der Waals surface area contributed by atoms with Gasteiger partial charge >= 0.3 is 0 Å². The van der Waals surface area contributed by atoms with E-state index in [1.807, 2.05) is 0 Å². The zero-order chi connectivity index (χ0) is 8.20. The van der Waals surface area contributed by atoms with E-state index in [2.05, 4.69) is 12.3 Å². The van der Waals surface area contributed by atoms with Gasteiger partial charge in [-0.15, -0.1) is 5.73 Å². The Labute approximate surface area is 61.5 Å². The second-order valence-corrected chi connectivity index (χ2v) is 2.81. The van der Waals surface area contributed by atoms with Gasteiger partial charge in [0, 0.05) is 6.42 Å². The first-order valence-corrected chi connectivity index (χ1v) is 3.23. The third-order valence-corrected chi connectivity index (χ3v) is 1.30. The van der Waals surface area contributed by atoms with Crippen LogP contribution >= 0.6 is 0 Å². The van der Waals surface area contributed by atoms with Crippen LogP contribution in [0.4, 0.5) is 0 Å². The highest BCUT2D eigenvalue weighted by molar-refractivity contribution is 4.86. The predicted octanol–water partition coefficient (Wildman–Crippen LogP) is 0.849. The zero-order valence-corrected chi connectivity index (χ0v) is 6.46. The molecule has 0 aliphatic heterocycles. The van der Waals surface area contributed by atoms with Gasteiger partial charge in [-0.1, -0.05) is 6.58 Å². The van der Waals surface area contributed by atoms with Crippen molar-refractivity contribution < 1.29 is 10.2 Å². The molecule has 58 valence electrons. The molecule has 0 saturated heterocycles. The quantitative estimate of drug-likeness (QED) is 0.573. The van der Waals surface area contributed by atoms with E-state index < -0.39 is 11.7 Å². The van der Waals surface area contributed by atoms with Gasteiger partial charge in [-0.05, 0) is 19.9 Å². The molecule has 0 aliphatic rings. The molecule has 0 heterocycles. The average molecular weight is 142 g/mol. The highest BCUT2D eigenvalue weighted by Crippen LogP contribution is 2.11. The molecular formula is C8H14O2. The maximum atomic E-state index is 9.19. The van der Waals surface area contributed by atoms with Gasteiger partial charge < -0.3 is 10.2 Å². The number of hydrogen-bond donors (Lipinski definition) is 2. The van der Waals surface area contributed by atoms with Crippen molar-refractivity contribution in [3.05, 3.63) is 18.4 Å². The molecule has 0 amide bonds. The van der Waals surface area contributed by atoms with E-state index in [4.69, 9.17) is 5.11 Å². The molecule has 2 heteroatoms. The molecule has 0 aromatic rings. The summed E-state index contributed by atoms with van der Waals surface area (Å²) in [6.07, 6.45) is 1.26. The maximum Gasteiger partial charge on any atom is 0.0862 e. The summed E-state index contributed by atoms with van der Waals surface area (Å²) in [7, 11) is 0. The van der Waals surface area contributed by atoms with Gasteiger partial charge in [0.1, 0.15) is 0 Å². The molecule has 0 spiro atoms. The molecule has 0 rings (SSSR count). The van der Waals surface area contributed by atoms with Crippen LogP contribution in [-0.2, 0) is 0 Å². The largest absolute Gasteiger partial charge is 0.390 e. The van der Waals surface area contributed by atoms with E-state index >= 15 is 0 Å². The van der Waals surface area contributed by atoms with Crippen molar-refractivity contribution in [3.8, 4) is 0 Å². The highest BCUT2D eigenvalue weighted by atomic mass is 16.3. The summed E-state index contributed by atoms with van der Waals surface area (Å²) in [5, 5.41) is 18.4. The van der Waals surface area contributed by atoms with Gasteiger partial charge in [-0.3, -0.25) is 0 Å². The minimum absolute atomic E-state index is 0.396. The van der Waals surface area contributed by atoms with Gasteiger partial charge in [0.05, 0.1) is 11.7 Å². The third-order valence-electron chi connectivity index (χ3n) is 1.30. The Bertz CT molecular complexity index is 138. The highest BCUT2D eigenvalue weighted by Gasteiger charge is 2.22. The summed E-state index contributed by atoms with van der Waals surface area (Å²) in [6.45, 7) is 6.47. The summed E-state index contributed by atoms with van der Waals surface area (Å²) >= 11 is 0. The van der Waals surface area contributed by atoms with Crippen LogP contribution in [0, 0.1) is 0 Å². The van der Waals surface area contributed by atoms with Crippen molar-refractivity contribution in [2.75, 3.05) is 0 Å². The Kier molecular flexibility index (Phi) is 3.37. The standard InChI is InChI=1S/C8H14O2/c1-4-5-6-7(9)8(2,3)10/h5,7,9-10H,1,6H2,2-3H3. The van der Waals surface area contributed by atoms with E-state index in [1.165, 1.54) is 0 Å². The lowest BCUT2D eigenvalue weighted by Gasteiger charge is -2.22. The van der Waals surface area contributed by atoms with Crippen LogP contribution in [0.15, 0.2) is 18.4 Å². The smallest absolute Gasteiger partial charge is 0.0862 e. The number of hydrogen-bond acceptors (Lipinski definition) is 2. The summed E-state index contributed by atoms with van der Waals surface area (Å²) in [4.78, 5) is 0. The maximum absolute atomic E-state index is 9.19. The predicted molar refractivity (Wildman–Crippen MR) is 40.6 cm³/mol. The van der Waals surface area contributed by atoms with E-state index in [-0.39, 0.29) is 0 Å². The first kappa shape index (κ1) is 9.44. The Morgan fingerprint density at radius 3 is 2.50 bits per heavy atom. The van der Waals surface area contributed by atoms with Crippen LogP contribution in [0.3, 0.4) is 0 Å². The number of rotatable bonds is 3. The van der Waals surface area contributed by atoms with Crippen molar-refractivity contribution in [2.24, 2.45) is 0 Å². The van der Waals surface area contributed by atoms with Crippen molar-refractivity contribution in [1.29, 1.82) is 0 Å². The molecule has 0 aromatic carbocycles. The molecule has 2 N–H and O–H groups in total. The molecule has 0 bridgehead atoms. The Hall–Kier alpha value is -0.560. The summed E-state index contributed by atoms with van der Waals surface area (Å²) in [5.74, 6) is 0. The van der Waals surface area contributed by atoms with Crippen molar-refractivity contribution in [3.63, 3.8) is 0 Å². The molecule has 0 fully saturated rings. The van der Waals surface area contributed by atoms with E-state index in [1.54, 1.807) is 19.9 Å². The second-order valence-electron chi connectivity index (χ2n) is 2.81. The number of aliphatic hydroxyl groups excluding tert-OH is 1. The molecule has 1 unspecified atom stereocenters. The fourth-order valence-corrected chi connectivity index (χ4v) is 0.483. The molecule has 2 nitrogen and oxygen atoms in total. The third kappa shape index (κ3) is 3.46. The van der Waals surface area contributed by atoms with Gasteiger partial charge in [0.25, 0.3) is 0 Å². The van der Waals surface area contributed by atoms with Crippen molar-refractivity contribution in [1.82, 2.24) is 0 Å². The van der Waals surface area contributed by atoms with E-state index in [0.29, 0.717) is 6.42 Å². The average Bonchev–Trinajstić information content (AvgIpc) is 1.80. The normalized spacial score (nSPS) is 14.0. The lowest BCUT2D eigenvalue weighted by atomic mass is 9.99. The summed E-state index contributed by atoms with van der Waals surface area (Å²) in [5.41, 5.74) is 1.49. The lowest BCUT2D eigenvalue weighted by Crippen LogP contribution is -2.35. The Morgan fingerprint density at radius 1 is 1.70 bits per heavy atom. The second kappa shape index (κ2) is 3.57. The fraction of sp³-hybridized carbons (Fsp3) is 0.625. The molecule has 1 atom stereocenters. The topological polar surface area (TPSA) is 40.5 Å².